The van der Waals surface area contributed by atoms with Crippen LogP contribution in [-0.2, 0) is 22.9 Å². The first kappa shape index (κ1) is 19.3. The van der Waals surface area contributed by atoms with Crippen LogP contribution < -0.4 is 5.32 Å². The molecular formula is C18H22ClN3O2S. The van der Waals surface area contributed by atoms with Crippen molar-refractivity contribution in [2.24, 2.45) is 4.99 Å². The van der Waals surface area contributed by atoms with Gasteiger partial charge in [0.15, 0.2) is 15.8 Å². The van der Waals surface area contributed by atoms with Crippen LogP contribution in [0.1, 0.15) is 11.1 Å². The third-order valence-electron chi connectivity index (χ3n) is 3.68. The molecule has 0 saturated carbocycles. The Bertz CT molecular complexity index is 849. The molecule has 2 aromatic rings. The van der Waals surface area contributed by atoms with E-state index in [0.29, 0.717) is 23.0 Å². The van der Waals surface area contributed by atoms with Gasteiger partial charge >= 0.3 is 0 Å². The lowest BCUT2D eigenvalue weighted by molar-refractivity contribution is 0.476. The molecule has 0 aromatic heterocycles. The fourth-order valence-corrected chi connectivity index (χ4v) is 3.25. The lowest BCUT2D eigenvalue weighted by atomic mass is 10.2. The topological polar surface area (TPSA) is 61.8 Å². The molecule has 0 aliphatic rings. The third-order valence-corrected chi connectivity index (χ3v) is 5.05. The Morgan fingerprint density at radius 1 is 1.16 bits per heavy atom. The van der Waals surface area contributed by atoms with Crippen LogP contribution in [0.5, 0.6) is 0 Å². The standard InChI is InChI=1S/C18H22ClN3O2S/c1-20-18(22(2)13-15-5-4-6-16(19)11-15)21-12-14-7-9-17(10-8-14)25(3,23)24/h4-11H,12-13H2,1-3H3,(H,20,21). The van der Waals surface area contributed by atoms with E-state index in [1.807, 2.05) is 36.2 Å². The maximum atomic E-state index is 11.5. The summed E-state index contributed by atoms with van der Waals surface area (Å²) >= 11 is 6.02. The summed E-state index contributed by atoms with van der Waals surface area (Å²) in [5.74, 6) is 0.743. The average molecular weight is 380 g/mol. The molecule has 0 aliphatic heterocycles. The summed E-state index contributed by atoms with van der Waals surface area (Å²) in [5.41, 5.74) is 2.07. The molecule has 0 unspecified atom stereocenters. The number of aliphatic imine (C=N–C) groups is 1. The van der Waals surface area contributed by atoms with Crippen molar-refractivity contribution in [2.45, 2.75) is 18.0 Å². The van der Waals surface area contributed by atoms with Crippen LogP contribution in [0.2, 0.25) is 5.02 Å². The monoisotopic (exact) mass is 379 g/mol. The van der Waals surface area contributed by atoms with Gasteiger partial charge in [0.25, 0.3) is 0 Å². The van der Waals surface area contributed by atoms with Crippen molar-refractivity contribution in [1.82, 2.24) is 10.2 Å². The van der Waals surface area contributed by atoms with E-state index in [2.05, 4.69) is 10.3 Å². The van der Waals surface area contributed by atoms with Crippen LogP contribution in [0.4, 0.5) is 0 Å². The normalized spacial score (nSPS) is 12.1. The highest BCUT2D eigenvalue weighted by Gasteiger charge is 2.09. The molecule has 0 amide bonds. The predicted octanol–water partition coefficient (Wildman–Crippen LogP) is 2.95. The zero-order chi connectivity index (χ0) is 18.4. The molecule has 1 N–H and O–H groups in total. The summed E-state index contributed by atoms with van der Waals surface area (Å²) in [4.78, 5) is 6.60. The van der Waals surface area contributed by atoms with Crippen molar-refractivity contribution in [1.29, 1.82) is 0 Å². The number of nitrogens with one attached hydrogen (secondary N) is 1. The van der Waals surface area contributed by atoms with Crippen LogP contribution in [0.3, 0.4) is 0 Å². The molecule has 0 bridgehead atoms. The molecule has 2 rings (SSSR count). The Hall–Kier alpha value is -2.05. The molecule has 0 heterocycles. The van der Waals surface area contributed by atoms with Gasteiger partial charge < -0.3 is 10.2 Å². The number of nitrogens with zero attached hydrogens (tertiary/aromatic N) is 2. The maximum Gasteiger partial charge on any atom is 0.193 e. The van der Waals surface area contributed by atoms with Gasteiger partial charge in [0.05, 0.1) is 4.90 Å². The zero-order valence-electron chi connectivity index (χ0n) is 14.5. The molecule has 0 saturated heterocycles. The number of hydrogen-bond donors (Lipinski definition) is 1. The quantitative estimate of drug-likeness (QED) is 0.641. The predicted molar refractivity (Wildman–Crippen MR) is 103 cm³/mol. The largest absolute Gasteiger partial charge is 0.352 e. The summed E-state index contributed by atoms with van der Waals surface area (Å²) in [6, 6.07) is 14.5. The molecule has 0 atom stereocenters. The van der Waals surface area contributed by atoms with E-state index in [9.17, 15) is 8.42 Å². The molecule has 134 valence electrons. The first-order valence-electron chi connectivity index (χ1n) is 7.75. The third kappa shape index (κ3) is 5.76. The van der Waals surface area contributed by atoms with E-state index in [1.165, 1.54) is 6.26 Å². The van der Waals surface area contributed by atoms with Crippen LogP contribution in [0, 0.1) is 0 Å². The van der Waals surface area contributed by atoms with Crippen LogP contribution >= 0.6 is 11.6 Å². The van der Waals surface area contributed by atoms with Crippen molar-refractivity contribution in [3.63, 3.8) is 0 Å². The van der Waals surface area contributed by atoms with Crippen molar-refractivity contribution < 1.29 is 8.42 Å². The fraction of sp³-hybridized carbons (Fsp3) is 0.278. The lowest BCUT2D eigenvalue weighted by Gasteiger charge is -2.22. The van der Waals surface area contributed by atoms with Gasteiger partial charge in [0, 0.05) is 38.5 Å². The fourth-order valence-electron chi connectivity index (χ4n) is 2.40. The minimum absolute atomic E-state index is 0.318. The van der Waals surface area contributed by atoms with Crippen molar-refractivity contribution in [3.8, 4) is 0 Å². The molecule has 25 heavy (non-hydrogen) atoms. The Kier molecular flexibility index (Phi) is 6.45. The highest BCUT2D eigenvalue weighted by Crippen LogP contribution is 2.13. The van der Waals surface area contributed by atoms with Crippen molar-refractivity contribution in [3.05, 3.63) is 64.7 Å². The second-order valence-corrected chi connectivity index (χ2v) is 8.26. The van der Waals surface area contributed by atoms with E-state index < -0.39 is 9.84 Å². The SMILES string of the molecule is CN=C(NCc1ccc(S(C)(=O)=O)cc1)N(C)Cc1cccc(Cl)c1. The number of hydrogen-bond acceptors (Lipinski definition) is 3. The van der Waals surface area contributed by atoms with Crippen molar-refractivity contribution >= 4 is 27.4 Å². The number of benzene rings is 2. The summed E-state index contributed by atoms with van der Waals surface area (Å²) in [6.07, 6.45) is 1.20. The van der Waals surface area contributed by atoms with Gasteiger partial charge in [-0.1, -0.05) is 35.9 Å². The van der Waals surface area contributed by atoms with E-state index in [-0.39, 0.29) is 0 Å². The summed E-state index contributed by atoms with van der Waals surface area (Å²) < 4.78 is 23.0. The molecule has 5 nitrogen and oxygen atoms in total. The van der Waals surface area contributed by atoms with Gasteiger partial charge in [-0.2, -0.15) is 0 Å². The number of halogens is 1. The lowest BCUT2D eigenvalue weighted by Crippen LogP contribution is -2.38. The Labute approximate surface area is 154 Å². The van der Waals surface area contributed by atoms with Gasteiger partial charge in [-0.05, 0) is 35.4 Å². The summed E-state index contributed by atoms with van der Waals surface area (Å²) in [7, 11) is 0.503. The average Bonchev–Trinajstić information content (AvgIpc) is 2.55. The smallest absolute Gasteiger partial charge is 0.193 e. The maximum absolute atomic E-state index is 11.5. The van der Waals surface area contributed by atoms with Gasteiger partial charge in [0.2, 0.25) is 0 Å². The van der Waals surface area contributed by atoms with Gasteiger partial charge in [-0.3, -0.25) is 4.99 Å². The molecule has 0 fully saturated rings. The van der Waals surface area contributed by atoms with Crippen LogP contribution in [0.25, 0.3) is 0 Å². The summed E-state index contributed by atoms with van der Waals surface area (Å²) in [6.45, 7) is 1.23. The Balaban J connectivity index is 1.97. The number of rotatable bonds is 5. The van der Waals surface area contributed by atoms with E-state index in [0.717, 1.165) is 17.1 Å². The van der Waals surface area contributed by atoms with Crippen molar-refractivity contribution in [2.75, 3.05) is 20.4 Å². The number of guanidine groups is 1. The van der Waals surface area contributed by atoms with Crippen LogP contribution in [-0.4, -0.2) is 39.6 Å². The highest BCUT2D eigenvalue weighted by atomic mass is 35.5. The molecular weight excluding hydrogens is 358 g/mol. The first-order chi connectivity index (χ1) is 11.8. The zero-order valence-corrected chi connectivity index (χ0v) is 16.1. The van der Waals surface area contributed by atoms with E-state index in [1.54, 1.807) is 31.3 Å². The minimum atomic E-state index is -3.17. The van der Waals surface area contributed by atoms with Gasteiger partial charge in [-0.25, -0.2) is 8.42 Å². The second kappa shape index (κ2) is 8.36. The van der Waals surface area contributed by atoms with E-state index >= 15 is 0 Å². The Morgan fingerprint density at radius 3 is 2.40 bits per heavy atom. The molecule has 0 spiro atoms. The Morgan fingerprint density at radius 2 is 1.84 bits per heavy atom. The first-order valence-corrected chi connectivity index (χ1v) is 10.0. The van der Waals surface area contributed by atoms with Gasteiger partial charge in [-0.15, -0.1) is 0 Å². The van der Waals surface area contributed by atoms with Crippen LogP contribution in [0.15, 0.2) is 58.4 Å². The van der Waals surface area contributed by atoms with Gasteiger partial charge in [0.1, 0.15) is 0 Å². The summed E-state index contributed by atoms with van der Waals surface area (Å²) in [5, 5.41) is 3.98. The minimum Gasteiger partial charge on any atom is -0.352 e. The second-order valence-electron chi connectivity index (χ2n) is 5.80. The van der Waals surface area contributed by atoms with E-state index in [4.69, 9.17) is 11.6 Å². The molecule has 7 heteroatoms. The number of sulfone groups is 1. The molecule has 2 aromatic carbocycles. The molecule has 0 aliphatic carbocycles. The highest BCUT2D eigenvalue weighted by molar-refractivity contribution is 7.90. The molecule has 0 radical (unpaired) electrons.